The fourth-order valence-electron chi connectivity index (χ4n) is 2.15. The number of hydrogen-bond acceptors (Lipinski definition) is 2. The summed E-state index contributed by atoms with van der Waals surface area (Å²) in [4.78, 5) is 4.43. The number of piperidine rings is 1. The number of nitrogens with one attached hydrogen (secondary N) is 1. The van der Waals surface area contributed by atoms with E-state index in [-0.39, 0.29) is 0 Å². The van der Waals surface area contributed by atoms with Gasteiger partial charge in [0.1, 0.15) is 5.82 Å². The van der Waals surface area contributed by atoms with Gasteiger partial charge in [0.15, 0.2) is 0 Å². The van der Waals surface area contributed by atoms with Crippen molar-refractivity contribution in [3.05, 3.63) is 18.2 Å². The van der Waals surface area contributed by atoms with E-state index in [9.17, 15) is 0 Å². The Bertz CT molecular complexity index is 284. The number of rotatable bonds is 2. The molecule has 2 heterocycles. The van der Waals surface area contributed by atoms with Crippen LogP contribution >= 0.6 is 0 Å². The molecule has 0 bridgehead atoms. The molecule has 3 nitrogen and oxygen atoms in total. The molecule has 1 aromatic rings. The summed E-state index contributed by atoms with van der Waals surface area (Å²) in [6, 6.07) is 0.614. The van der Waals surface area contributed by atoms with Gasteiger partial charge in [-0.15, -0.1) is 0 Å². The molecule has 14 heavy (non-hydrogen) atoms. The van der Waals surface area contributed by atoms with Gasteiger partial charge in [-0.25, -0.2) is 4.98 Å². The molecule has 0 aliphatic carbocycles. The maximum Gasteiger partial charge on any atom is 0.111 e. The summed E-state index contributed by atoms with van der Waals surface area (Å²) in [6.07, 6.45) is 6.60. The van der Waals surface area contributed by atoms with Crippen LogP contribution in [0.25, 0.3) is 0 Å². The molecule has 1 unspecified atom stereocenters. The quantitative estimate of drug-likeness (QED) is 0.777. The zero-order valence-corrected chi connectivity index (χ0v) is 9.03. The Balaban J connectivity index is 2.17. The van der Waals surface area contributed by atoms with Gasteiger partial charge in [0.25, 0.3) is 0 Å². The van der Waals surface area contributed by atoms with E-state index in [2.05, 4.69) is 34.9 Å². The van der Waals surface area contributed by atoms with E-state index >= 15 is 0 Å². The lowest BCUT2D eigenvalue weighted by Gasteiger charge is -2.26. The average molecular weight is 193 g/mol. The lowest BCUT2D eigenvalue weighted by atomic mass is 10.1. The second-order valence-electron chi connectivity index (χ2n) is 4.35. The number of imidazole rings is 1. The van der Waals surface area contributed by atoms with Crippen LogP contribution in [0.15, 0.2) is 12.4 Å². The number of hydrogen-bond donors (Lipinski definition) is 1. The lowest BCUT2D eigenvalue weighted by molar-refractivity contribution is 0.360. The van der Waals surface area contributed by atoms with Crippen molar-refractivity contribution in [2.75, 3.05) is 13.1 Å². The van der Waals surface area contributed by atoms with Crippen molar-refractivity contribution in [1.82, 2.24) is 14.9 Å². The third kappa shape index (κ3) is 1.82. The molecule has 0 spiro atoms. The molecule has 1 aromatic heterocycles. The van der Waals surface area contributed by atoms with Crippen LogP contribution in [0, 0.1) is 0 Å². The van der Waals surface area contributed by atoms with E-state index in [1.165, 1.54) is 25.2 Å². The zero-order chi connectivity index (χ0) is 9.97. The lowest BCUT2D eigenvalue weighted by Crippen LogP contribution is -2.32. The van der Waals surface area contributed by atoms with Gasteiger partial charge >= 0.3 is 0 Å². The predicted molar refractivity (Wildman–Crippen MR) is 57.5 cm³/mol. The number of aromatic nitrogens is 2. The van der Waals surface area contributed by atoms with E-state index in [1.807, 2.05) is 6.20 Å². The Kier molecular flexibility index (Phi) is 2.87. The summed E-state index contributed by atoms with van der Waals surface area (Å²) in [5.74, 6) is 1.74. The molecule has 1 aliphatic rings. The molecule has 1 saturated heterocycles. The van der Waals surface area contributed by atoms with Crippen LogP contribution in [-0.2, 0) is 0 Å². The van der Waals surface area contributed by atoms with Crippen molar-refractivity contribution in [2.24, 2.45) is 0 Å². The van der Waals surface area contributed by atoms with Gasteiger partial charge in [0.05, 0.1) is 0 Å². The third-order valence-corrected chi connectivity index (χ3v) is 2.88. The summed E-state index contributed by atoms with van der Waals surface area (Å²) in [5.41, 5.74) is 0. The van der Waals surface area contributed by atoms with Crippen LogP contribution in [0.5, 0.6) is 0 Å². The van der Waals surface area contributed by atoms with Crippen LogP contribution < -0.4 is 5.32 Å². The predicted octanol–water partition coefficient (Wildman–Crippen LogP) is 1.93. The molecule has 1 N–H and O–H groups in total. The Morgan fingerprint density at radius 3 is 3.07 bits per heavy atom. The first-order valence-electron chi connectivity index (χ1n) is 5.52. The highest BCUT2D eigenvalue weighted by molar-refractivity contribution is 5.00. The third-order valence-electron chi connectivity index (χ3n) is 2.88. The average Bonchev–Trinajstić information content (AvgIpc) is 2.67. The van der Waals surface area contributed by atoms with Gasteiger partial charge in [-0.2, -0.15) is 0 Å². The highest BCUT2D eigenvalue weighted by Gasteiger charge is 2.18. The van der Waals surface area contributed by atoms with Crippen molar-refractivity contribution in [3.8, 4) is 0 Å². The Hall–Kier alpha value is -0.830. The summed E-state index contributed by atoms with van der Waals surface area (Å²) in [7, 11) is 0. The van der Waals surface area contributed by atoms with Crippen LogP contribution in [0.2, 0.25) is 0 Å². The molecule has 0 aromatic carbocycles. The molecule has 1 fully saturated rings. The van der Waals surface area contributed by atoms with Crippen LogP contribution in [0.1, 0.15) is 44.5 Å². The van der Waals surface area contributed by atoms with E-state index in [0.717, 1.165) is 6.54 Å². The highest BCUT2D eigenvalue weighted by atomic mass is 15.1. The second-order valence-corrected chi connectivity index (χ2v) is 4.35. The van der Waals surface area contributed by atoms with Gasteiger partial charge in [0, 0.05) is 30.9 Å². The Labute approximate surface area is 85.5 Å². The SMILES string of the molecule is CC(C)c1nccn1C1CCCNC1. The van der Waals surface area contributed by atoms with Gasteiger partial charge in [0.2, 0.25) is 0 Å². The summed E-state index contributed by atoms with van der Waals surface area (Å²) in [6.45, 7) is 6.67. The van der Waals surface area contributed by atoms with Gasteiger partial charge < -0.3 is 9.88 Å². The van der Waals surface area contributed by atoms with Crippen LogP contribution in [0.3, 0.4) is 0 Å². The molecule has 3 heteroatoms. The fourth-order valence-corrected chi connectivity index (χ4v) is 2.15. The largest absolute Gasteiger partial charge is 0.330 e. The fraction of sp³-hybridized carbons (Fsp3) is 0.727. The maximum atomic E-state index is 4.43. The summed E-state index contributed by atoms with van der Waals surface area (Å²) < 4.78 is 2.34. The monoisotopic (exact) mass is 193 g/mol. The maximum absolute atomic E-state index is 4.43. The summed E-state index contributed by atoms with van der Waals surface area (Å²) >= 11 is 0. The van der Waals surface area contributed by atoms with E-state index in [1.54, 1.807) is 0 Å². The van der Waals surface area contributed by atoms with Crippen molar-refractivity contribution in [2.45, 2.75) is 38.6 Å². The molecule has 78 valence electrons. The molecule has 2 rings (SSSR count). The smallest absolute Gasteiger partial charge is 0.111 e. The highest BCUT2D eigenvalue weighted by Crippen LogP contribution is 2.21. The minimum absolute atomic E-state index is 0.520. The summed E-state index contributed by atoms with van der Waals surface area (Å²) in [5, 5.41) is 3.44. The molecule has 1 aliphatic heterocycles. The molecular weight excluding hydrogens is 174 g/mol. The number of nitrogens with zero attached hydrogens (tertiary/aromatic N) is 2. The standard InChI is InChI=1S/C11H19N3/c1-9(2)11-13-6-7-14(11)10-4-3-5-12-8-10/h6-7,9-10,12H,3-5,8H2,1-2H3. The van der Waals surface area contributed by atoms with Crippen LogP contribution in [-0.4, -0.2) is 22.6 Å². The first kappa shape index (κ1) is 9.71. The van der Waals surface area contributed by atoms with Crippen LogP contribution in [0.4, 0.5) is 0 Å². The van der Waals surface area contributed by atoms with E-state index < -0.39 is 0 Å². The molecular formula is C11H19N3. The Morgan fingerprint density at radius 1 is 1.57 bits per heavy atom. The van der Waals surface area contributed by atoms with Gasteiger partial charge in [-0.1, -0.05) is 13.8 Å². The molecule has 0 saturated carbocycles. The molecule has 1 atom stereocenters. The Morgan fingerprint density at radius 2 is 2.43 bits per heavy atom. The molecule has 0 radical (unpaired) electrons. The zero-order valence-electron chi connectivity index (χ0n) is 9.03. The minimum Gasteiger partial charge on any atom is -0.330 e. The van der Waals surface area contributed by atoms with Crippen molar-refractivity contribution in [1.29, 1.82) is 0 Å². The van der Waals surface area contributed by atoms with Gasteiger partial charge in [-0.3, -0.25) is 0 Å². The van der Waals surface area contributed by atoms with E-state index in [0.29, 0.717) is 12.0 Å². The van der Waals surface area contributed by atoms with Crippen molar-refractivity contribution < 1.29 is 0 Å². The first-order chi connectivity index (χ1) is 6.79. The van der Waals surface area contributed by atoms with Crippen molar-refractivity contribution >= 4 is 0 Å². The molecule has 0 amide bonds. The normalized spacial score (nSPS) is 22.9. The van der Waals surface area contributed by atoms with Crippen molar-refractivity contribution in [3.63, 3.8) is 0 Å². The topological polar surface area (TPSA) is 29.9 Å². The first-order valence-corrected chi connectivity index (χ1v) is 5.52. The van der Waals surface area contributed by atoms with E-state index in [4.69, 9.17) is 0 Å². The minimum atomic E-state index is 0.520. The second kappa shape index (κ2) is 4.13. The van der Waals surface area contributed by atoms with Gasteiger partial charge in [-0.05, 0) is 19.4 Å².